The largest absolute Gasteiger partial charge is 0.481 e. The van der Waals surface area contributed by atoms with Crippen LogP contribution in [-0.4, -0.2) is 22.3 Å². The van der Waals surface area contributed by atoms with Crippen molar-refractivity contribution in [3.05, 3.63) is 0 Å². The van der Waals surface area contributed by atoms with Gasteiger partial charge in [0.25, 0.3) is 0 Å². The van der Waals surface area contributed by atoms with Crippen LogP contribution in [0, 0.1) is 0 Å². The van der Waals surface area contributed by atoms with Crippen LogP contribution in [0.4, 0.5) is 0 Å². The van der Waals surface area contributed by atoms with Gasteiger partial charge in [0.15, 0.2) is 0 Å². The lowest BCUT2D eigenvalue weighted by molar-refractivity contribution is -0.137. The van der Waals surface area contributed by atoms with Crippen LogP contribution in [0.25, 0.3) is 0 Å². The molecule has 0 aliphatic rings. The maximum Gasteiger partial charge on any atom is 0.303 e. The molecule has 16 heavy (non-hydrogen) atoms. The molecule has 0 fully saturated rings. The second-order valence-electron chi connectivity index (χ2n) is 4.50. The van der Waals surface area contributed by atoms with E-state index in [0.717, 1.165) is 38.5 Å². The Hall–Kier alpha value is -0.570. The van der Waals surface area contributed by atoms with Crippen molar-refractivity contribution in [3.8, 4) is 0 Å². The summed E-state index contributed by atoms with van der Waals surface area (Å²) in [4.78, 5) is 10.2. The molecule has 0 aliphatic carbocycles. The molecule has 1 atom stereocenters. The number of hydrogen-bond acceptors (Lipinski definition) is 2. The predicted molar refractivity (Wildman–Crippen MR) is 65.5 cm³/mol. The fourth-order valence-corrected chi connectivity index (χ4v) is 1.78. The number of carboxylic acid groups (broad SMARTS) is 1. The SMILES string of the molecule is CCCCCCC(O)CCCCCC(=O)O. The van der Waals surface area contributed by atoms with Crippen LogP contribution in [-0.2, 0) is 4.79 Å². The number of aliphatic hydroxyl groups excluding tert-OH is 1. The van der Waals surface area contributed by atoms with Gasteiger partial charge in [0, 0.05) is 6.42 Å². The summed E-state index contributed by atoms with van der Waals surface area (Å²) in [7, 11) is 0. The van der Waals surface area contributed by atoms with Crippen molar-refractivity contribution in [3.63, 3.8) is 0 Å². The van der Waals surface area contributed by atoms with Crippen molar-refractivity contribution >= 4 is 5.97 Å². The van der Waals surface area contributed by atoms with Crippen LogP contribution in [0.5, 0.6) is 0 Å². The lowest BCUT2D eigenvalue weighted by Crippen LogP contribution is -2.06. The summed E-state index contributed by atoms with van der Waals surface area (Å²) < 4.78 is 0. The molecule has 96 valence electrons. The third-order valence-electron chi connectivity index (χ3n) is 2.82. The number of unbranched alkanes of at least 4 members (excludes halogenated alkanes) is 5. The van der Waals surface area contributed by atoms with E-state index in [4.69, 9.17) is 5.11 Å². The van der Waals surface area contributed by atoms with Gasteiger partial charge in [0.1, 0.15) is 0 Å². The van der Waals surface area contributed by atoms with E-state index in [1.165, 1.54) is 19.3 Å². The van der Waals surface area contributed by atoms with Gasteiger partial charge in [-0.15, -0.1) is 0 Å². The van der Waals surface area contributed by atoms with Gasteiger partial charge in [-0.05, 0) is 19.3 Å². The second-order valence-corrected chi connectivity index (χ2v) is 4.50. The topological polar surface area (TPSA) is 57.5 Å². The van der Waals surface area contributed by atoms with Crippen molar-refractivity contribution in [2.45, 2.75) is 77.2 Å². The van der Waals surface area contributed by atoms with Gasteiger partial charge in [-0.25, -0.2) is 0 Å². The Morgan fingerprint density at radius 1 is 1.00 bits per heavy atom. The summed E-state index contributed by atoms with van der Waals surface area (Å²) in [5, 5.41) is 18.1. The second kappa shape index (κ2) is 10.9. The molecular formula is C13H26O3. The molecule has 0 radical (unpaired) electrons. The van der Waals surface area contributed by atoms with Crippen LogP contribution < -0.4 is 0 Å². The van der Waals surface area contributed by atoms with Crippen LogP contribution in [0.3, 0.4) is 0 Å². The molecule has 0 aromatic rings. The average molecular weight is 230 g/mol. The summed E-state index contributed by atoms with van der Waals surface area (Å²) in [5.74, 6) is -0.722. The average Bonchev–Trinajstić information content (AvgIpc) is 2.23. The molecule has 0 bridgehead atoms. The van der Waals surface area contributed by atoms with Gasteiger partial charge in [-0.1, -0.05) is 45.4 Å². The van der Waals surface area contributed by atoms with Gasteiger partial charge in [0.05, 0.1) is 6.10 Å². The van der Waals surface area contributed by atoms with E-state index in [-0.39, 0.29) is 12.5 Å². The van der Waals surface area contributed by atoms with Crippen molar-refractivity contribution < 1.29 is 15.0 Å². The summed E-state index contributed by atoms with van der Waals surface area (Å²) in [5.41, 5.74) is 0. The van der Waals surface area contributed by atoms with Gasteiger partial charge in [-0.2, -0.15) is 0 Å². The van der Waals surface area contributed by atoms with E-state index in [1.807, 2.05) is 0 Å². The highest BCUT2D eigenvalue weighted by molar-refractivity contribution is 5.66. The van der Waals surface area contributed by atoms with Gasteiger partial charge in [0.2, 0.25) is 0 Å². The number of carbonyl (C=O) groups is 1. The smallest absolute Gasteiger partial charge is 0.303 e. The minimum Gasteiger partial charge on any atom is -0.481 e. The predicted octanol–water partition coefficient (Wildman–Crippen LogP) is 3.35. The molecule has 0 aromatic carbocycles. The molecular weight excluding hydrogens is 204 g/mol. The summed E-state index contributed by atoms with van der Waals surface area (Å²) in [6.07, 6.45) is 9.21. The maximum atomic E-state index is 10.2. The van der Waals surface area contributed by atoms with E-state index in [9.17, 15) is 9.90 Å². The third kappa shape index (κ3) is 11.5. The van der Waals surface area contributed by atoms with Crippen LogP contribution in [0.2, 0.25) is 0 Å². The maximum absolute atomic E-state index is 10.2. The van der Waals surface area contributed by atoms with Gasteiger partial charge >= 0.3 is 5.97 Å². The van der Waals surface area contributed by atoms with E-state index in [2.05, 4.69) is 6.92 Å². The summed E-state index contributed by atoms with van der Waals surface area (Å²) in [6, 6.07) is 0. The zero-order chi connectivity index (χ0) is 12.2. The molecule has 0 aromatic heterocycles. The molecule has 2 N–H and O–H groups in total. The number of aliphatic hydroxyl groups is 1. The van der Waals surface area contributed by atoms with Crippen molar-refractivity contribution in [2.24, 2.45) is 0 Å². The Bertz CT molecular complexity index is 169. The lowest BCUT2D eigenvalue weighted by atomic mass is 10.0. The molecule has 0 heterocycles. The monoisotopic (exact) mass is 230 g/mol. The molecule has 0 amide bonds. The van der Waals surface area contributed by atoms with Crippen LogP contribution in [0.15, 0.2) is 0 Å². The normalized spacial score (nSPS) is 12.6. The highest BCUT2D eigenvalue weighted by Gasteiger charge is 2.04. The molecule has 0 spiro atoms. The minimum absolute atomic E-state index is 0.179. The van der Waals surface area contributed by atoms with Crippen molar-refractivity contribution in [1.82, 2.24) is 0 Å². The Morgan fingerprint density at radius 3 is 2.06 bits per heavy atom. The van der Waals surface area contributed by atoms with Crippen molar-refractivity contribution in [2.75, 3.05) is 0 Å². The quantitative estimate of drug-likeness (QED) is 0.535. The van der Waals surface area contributed by atoms with Crippen LogP contribution >= 0.6 is 0 Å². The van der Waals surface area contributed by atoms with E-state index >= 15 is 0 Å². The first-order chi connectivity index (χ1) is 7.66. The first-order valence-corrected chi connectivity index (χ1v) is 6.56. The zero-order valence-electron chi connectivity index (χ0n) is 10.5. The number of aliphatic carboxylic acids is 1. The molecule has 3 nitrogen and oxygen atoms in total. The minimum atomic E-state index is -0.722. The van der Waals surface area contributed by atoms with E-state index in [0.29, 0.717) is 0 Å². The van der Waals surface area contributed by atoms with Gasteiger partial charge < -0.3 is 10.2 Å². The first kappa shape index (κ1) is 15.4. The highest BCUT2D eigenvalue weighted by atomic mass is 16.4. The number of hydrogen-bond donors (Lipinski definition) is 2. The summed E-state index contributed by atoms with van der Waals surface area (Å²) >= 11 is 0. The van der Waals surface area contributed by atoms with Crippen LogP contribution in [0.1, 0.15) is 71.1 Å². The first-order valence-electron chi connectivity index (χ1n) is 6.56. The summed E-state index contributed by atoms with van der Waals surface area (Å²) in [6.45, 7) is 2.18. The molecule has 0 rings (SSSR count). The van der Waals surface area contributed by atoms with Crippen molar-refractivity contribution in [1.29, 1.82) is 0 Å². The molecule has 3 heteroatoms. The third-order valence-corrected chi connectivity index (χ3v) is 2.82. The number of carboxylic acids is 1. The molecule has 0 aliphatic heterocycles. The highest BCUT2D eigenvalue weighted by Crippen LogP contribution is 2.12. The number of rotatable bonds is 11. The van der Waals surface area contributed by atoms with Gasteiger partial charge in [-0.3, -0.25) is 4.79 Å². The zero-order valence-corrected chi connectivity index (χ0v) is 10.5. The Labute approximate surface area is 98.9 Å². The Balaban J connectivity index is 3.17. The molecule has 1 unspecified atom stereocenters. The fourth-order valence-electron chi connectivity index (χ4n) is 1.78. The Morgan fingerprint density at radius 2 is 1.56 bits per heavy atom. The fraction of sp³-hybridized carbons (Fsp3) is 0.923. The molecule has 0 saturated carbocycles. The van der Waals surface area contributed by atoms with E-state index < -0.39 is 5.97 Å². The lowest BCUT2D eigenvalue weighted by Gasteiger charge is -2.09. The van der Waals surface area contributed by atoms with E-state index in [1.54, 1.807) is 0 Å². The Kier molecular flexibility index (Phi) is 10.5. The molecule has 0 saturated heterocycles. The standard InChI is InChI=1S/C13H26O3/c1-2-3-4-6-9-12(14)10-7-5-8-11-13(15)16/h12,14H,2-11H2,1H3,(H,15,16).